The first kappa shape index (κ1) is 16.2. The molecule has 0 rings (SSSR count). The number of urea groups is 1. The predicted molar refractivity (Wildman–Crippen MR) is 64.3 cm³/mol. The summed E-state index contributed by atoms with van der Waals surface area (Å²) in [5.74, 6) is -2.64. The van der Waals surface area contributed by atoms with Crippen molar-refractivity contribution in [1.29, 1.82) is 0 Å². The van der Waals surface area contributed by atoms with Gasteiger partial charge in [-0.2, -0.15) is 0 Å². The van der Waals surface area contributed by atoms with Crippen molar-refractivity contribution < 1.29 is 24.6 Å². The SMILES string of the molecule is CCC(C)(C)N(C)C(=O)NC(CC(=O)O)C(=O)O. The van der Waals surface area contributed by atoms with E-state index in [2.05, 4.69) is 5.32 Å². The maximum atomic E-state index is 11.8. The highest BCUT2D eigenvalue weighted by Gasteiger charge is 2.29. The van der Waals surface area contributed by atoms with Gasteiger partial charge >= 0.3 is 18.0 Å². The lowest BCUT2D eigenvalue weighted by atomic mass is 10.0. The zero-order chi connectivity index (χ0) is 14.5. The lowest BCUT2D eigenvalue weighted by molar-refractivity contribution is -0.145. The maximum Gasteiger partial charge on any atom is 0.326 e. The number of hydrogen-bond acceptors (Lipinski definition) is 3. The minimum atomic E-state index is -1.43. The van der Waals surface area contributed by atoms with Gasteiger partial charge in [-0.05, 0) is 20.3 Å². The number of carboxylic acid groups (broad SMARTS) is 2. The highest BCUT2D eigenvalue weighted by molar-refractivity contribution is 5.86. The molecule has 0 heterocycles. The largest absolute Gasteiger partial charge is 0.481 e. The number of carbonyl (C=O) groups excluding carboxylic acids is 1. The minimum absolute atomic E-state index is 0.434. The molecule has 0 aliphatic rings. The van der Waals surface area contributed by atoms with Crippen LogP contribution < -0.4 is 5.32 Å². The zero-order valence-electron chi connectivity index (χ0n) is 11.1. The number of nitrogens with one attached hydrogen (secondary N) is 1. The van der Waals surface area contributed by atoms with Crippen LogP contribution in [0.15, 0.2) is 0 Å². The van der Waals surface area contributed by atoms with Crippen LogP contribution in [0, 0.1) is 0 Å². The van der Waals surface area contributed by atoms with Crippen LogP contribution in [0.2, 0.25) is 0 Å². The number of carbonyl (C=O) groups is 3. The first-order chi connectivity index (χ1) is 8.11. The molecule has 0 radical (unpaired) electrons. The molecule has 0 aliphatic carbocycles. The molecule has 0 bridgehead atoms. The maximum absolute atomic E-state index is 11.8. The molecule has 0 aromatic carbocycles. The van der Waals surface area contributed by atoms with E-state index in [0.29, 0.717) is 6.42 Å². The summed E-state index contributed by atoms with van der Waals surface area (Å²) in [6.07, 6.45) is 0.0368. The fraction of sp³-hybridized carbons (Fsp3) is 0.727. The van der Waals surface area contributed by atoms with Gasteiger partial charge in [0.15, 0.2) is 0 Å². The van der Waals surface area contributed by atoms with Gasteiger partial charge in [0, 0.05) is 12.6 Å². The van der Waals surface area contributed by atoms with Gasteiger partial charge in [0.2, 0.25) is 0 Å². The number of amides is 2. The molecule has 0 fully saturated rings. The van der Waals surface area contributed by atoms with E-state index in [-0.39, 0.29) is 0 Å². The van der Waals surface area contributed by atoms with Crippen molar-refractivity contribution in [2.24, 2.45) is 0 Å². The quantitative estimate of drug-likeness (QED) is 0.653. The average Bonchev–Trinajstić information content (AvgIpc) is 2.26. The fourth-order valence-corrected chi connectivity index (χ4v) is 1.13. The van der Waals surface area contributed by atoms with Gasteiger partial charge in [0.25, 0.3) is 0 Å². The smallest absolute Gasteiger partial charge is 0.326 e. The normalized spacial score (nSPS) is 12.7. The van der Waals surface area contributed by atoms with Crippen LogP contribution in [-0.4, -0.2) is 51.7 Å². The van der Waals surface area contributed by atoms with E-state index in [1.165, 1.54) is 4.90 Å². The molecular weight excluding hydrogens is 240 g/mol. The molecule has 18 heavy (non-hydrogen) atoms. The summed E-state index contributed by atoms with van der Waals surface area (Å²) >= 11 is 0. The second kappa shape index (κ2) is 6.23. The zero-order valence-corrected chi connectivity index (χ0v) is 11.1. The van der Waals surface area contributed by atoms with Crippen LogP contribution in [0.4, 0.5) is 4.79 Å². The van der Waals surface area contributed by atoms with E-state index in [0.717, 1.165) is 0 Å². The molecule has 0 aromatic heterocycles. The Morgan fingerprint density at radius 3 is 2.11 bits per heavy atom. The third-order valence-electron chi connectivity index (χ3n) is 3.05. The topological polar surface area (TPSA) is 107 Å². The Labute approximate surface area is 106 Å². The molecule has 1 unspecified atom stereocenters. The molecule has 1 atom stereocenters. The molecule has 0 spiro atoms. The van der Waals surface area contributed by atoms with Gasteiger partial charge < -0.3 is 20.4 Å². The number of hydrogen-bond donors (Lipinski definition) is 3. The van der Waals surface area contributed by atoms with E-state index < -0.39 is 36.0 Å². The minimum Gasteiger partial charge on any atom is -0.481 e. The van der Waals surface area contributed by atoms with Gasteiger partial charge in [-0.1, -0.05) is 6.92 Å². The molecule has 0 saturated heterocycles. The van der Waals surface area contributed by atoms with Crippen molar-refractivity contribution in [1.82, 2.24) is 10.2 Å². The summed E-state index contributed by atoms with van der Waals surface area (Å²) in [4.78, 5) is 34.5. The number of carboxylic acids is 2. The summed E-state index contributed by atoms with van der Waals surface area (Å²) in [6, 6.07) is -2.03. The number of rotatable bonds is 6. The van der Waals surface area contributed by atoms with Gasteiger partial charge in [0.05, 0.1) is 6.42 Å². The average molecular weight is 260 g/mol. The summed E-state index contributed by atoms with van der Waals surface area (Å²) in [6.45, 7) is 5.56. The Hall–Kier alpha value is -1.79. The van der Waals surface area contributed by atoms with E-state index >= 15 is 0 Å². The first-order valence-electron chi connectivity index (χ1n) is 5.60. The van der Waals surface area contributed by atoms with Gasteiger partial charge in [-0.3, -0.25) is 4.79 Å². The van der Waals surface area contributed by atoms with Crippen molar-refractivity contribution >= 4 is 18.0 Å². The standard InChI is InChI=1S/C11H20N2O5/c1-5-11(2,3)13(4)10(18)12-7(9(16)17)6-8(14)15/h7H,5-6H2,1-4H3,(H,12,18)(H,14,15)(H,16,17). The van der Waals surface area contributed by atoms with Crippen molar-refractivity contribution in [3.63, 3.8) is 0 Å². The van der Waals surface area contributed by atoms with E-state index in [1.807, 2.05) is 20.8 Å². The van der Waals surface area contributed by atoms with E-state index in [4.69, 9.17) is 10.2 Å². The van der Waals surface area contributed by atoms with Crippen LogP contribution in [0.1, 0.15) is 33.6 Å². The Bertz CT molecular complexity index is 340. The van der Waals surface area contributed by atoms with Crippen molar-refractivity contribution in [3.05, 3.63) is 0 Å². The highest BCUT2D eigenvalue weighted by Crippen LogP contribution is 2.16. The second-order valence-corrected chi connectivity index (χ2v) is 4.66. The van der Waals surface area contributed by atoms with Gasteiger partial charge in [-0.15, -0.1) is 0 Å². The Morgan fingerprint density at radius 1 is 1.28 bits per heavy atom. The molecule has 7 nitrogen and oxygen atoms in total. The van der Waals surface area contributed by atoms with Gasteiger partial charge in [0.1, 0.15) is 6.04 Å². The molecule has 104 valence electrons. The molecular formula is C11H20N2O5. The van der Waals surface area contributed by atoms with Crippen molar-refractivity contribution in [3.8, 4) is 0 Å². The van der Waals surface area contributed by atoms with Crippen LogP contribution >= 0.6 is 0 Å². The monoisotopic (exact) mass is 260 g/mol. The Kier molecular flexibility index (Phi) is 5.61. The van der Waals surface area contributed by atoms with Crippen molar-refractivity contribution in [2.75, 3.05) is 7.05 Å². The number of aliphatic carboxylic acids is 2. The summed E-state index contributed by atoms with van der Waals surface area (Å²) < 4.78 is 0. The third-order valence-corrected chi connectivity index (χ3v) is 3.05. The van der Waals surface area contributed by atoms with E-state index in [1.54, 1.807) is 7.05 Å². The lowest BCUT2D eigenvalue weighted by Crippen LogP contribution is -2.53. The lowest BCUT2D eigenvalue weighted by Gasteiger charge is -2.35. The van der Waals surface area contributed by atoms with Crippen LogP contribution in [0.3, 0.4) is 0 Å². The van der Waals surface area contributed by atoms with Crippen LogP contribution in [0.25, 0.3) is 0 Å². The summed E-state index contributed by atoms with van der Waals surface area (Å²) in [5, 5.41) is 19.6. The molecule has 0 aliphatic heterocycles. The molecule has 0 aromatic rings. The molecule has 7 heteroatoms. The summed E-state index contributed by atoms with van der Waals surface area (Å²) in [7, 11) is 1.54. The first-order valence-corrected chi connectivity index (χ1v) is 5.60. The summed E-state index contributed by atoms with van der Waals surface area (Å²) in [5.41, 5.74) is -0.434. The van der Waals surface area contributed by atoms with E-state index in [9.17, 15) is 14.4 Å². The number of nitrogens with zero attached hydrogens (tertiary/aromatic N) is 1. The second-order valence-electron chi connectivity index (χ2n) is 4.66. The Morgan fingerprint density at radius 2 is 1.78 bits per heavy atom. The molecule has 0 saturated carbocycles. The van der Waals surface area contributed by atoms with Gasteiger partial charge in [-0.25, -0.2) is 9.59 Å². The van der Waals surface area contributed by atoms with Crippen LogP contribution in [0.5, 0.6) is 0 Å². The van der Waals surface area contributed by atoms with Crippen molar-refractivity contribution in [2.45, 2.75) is 45.2 Å². The third kappa shape index (κ3) is 4.60. The fourth-order valence-electron chi connectivity index (χ4n) is 1.13. The van der Waals surface area contributed by atoms with Crippen LogP contribution in [-0.2, 0) is 9.59 Å². The Balaban J connectivity index is 4.70. The molecule has 2 amide bonds. The highest BCUT2D eigenvalue weighted by atomic mass is 16.4. The molecule has 3 N–H and O–H groups in total. The predicted octanol–water partition coefficient (Wildman–Crippen LogP) is 0.744.